The van der Waals surface area contributed by atoms with E-state index in [0.29, 0.717) is 18.8 Å². The summed E-state index contributed by atoms with van der Waals surface area (Å²) in [6.07, 6.45) is 0.212. The molecule has 0 aliphatic heterocycles. The summed E-state index contributed by atoms with van der Waals surface area (Å²) in [6.45, 7) is 0.350. The minimum absolute atomic E-state index is 0.0997. The molecule has 0 aliphatic carbocycles. The van der Waals surface area contributed by atoms with E-state index in [1.807, 2.05) is 0 Å². The molecular weight excluding hydrogens is 516 g/mol. The highest BCUT2D eigenvalue weighted by Gasteiger charge is 2.21. The quantitative estimate of drug-likeness (QED) is 0.0898. The van der Waals surface area contributed by atoms with Gasteiger partial charge >= 0.3 is 0 Å². The number of phenolic OH excluding ortho intramolecular Hbond substituents is 1. The van der Waals surface area contributed by atoms with Crippen LogP contribution in [0.3, 0.4) is 0 Å². The van der Waals surface area contributed by atoms with Crippen molar-refractivity contribution in [1.29, 1.82) is 0 Å². The number of fused-ring (bicyclic) bond motifs is 1. The molecule has 0 aliphatic rings. The lowest BCUT2D eigenvalue weighted by atomic mass is 10.1. The number of amides is 1. The van der Waals surface area contributed by atoms with Gasteiger partial charge in [-0.05, 0) is 47.9 Å². The predicted octanol–water partition coefficient (Wildman–Crippen LogP) is 1.54. The fourth-order valence-electron chi connectivity index (χ4n) is 3.48. The Labute approximate surface area is 207 Å². The Morgan fingerprint density at radius 3 is 2.17 bits per heavy atom. The minimum atomic E-state index is -4.72. The number of carbonyl (C=O) groups excluding carboxylic acids is 1. The fourth-order valence-corrected chi connectivity index (χ4v) is 4.59. The van der Waals surface area contributed by atoms with Gasteiger partial charge in [0.2, 0.25) is 6.41 Å². The Morgan fingerprint density at radius 1 is 1.00 bits per heavy atom. The lowest BCUT2D eigenvalue weighted by molar-refractivity contribution is -0.105. The number of hydrogen-bond donors (Lipinski definition) is 6. The summed E-state index contributed by atoms with van der Waals surface area (Å²) in [6, 6.07) is 9.26. The molecule has 0 unspecified atom stereocenters. The number of aliphatic hydroxyl groups is 2. The molecule has 13 nitrogen and oxygen atoms in total. The second kappa shape index (κ2) is 11.4. The molecule has 0 radical (unpaired) electrons. The van der Waals surface area contributed by atoms with Crippen molar-refractivity contribution in [2.45, 2.75) is 9.79 Å². The zero-order chi connectivity index (χ0) is 26.5. The van der Waals surface area contributed by atoms with Gasteiger partial charge in [-0.25, -0.2) is 8.42 Å². The first kappa shape index (κ1) is 27.0. The van der Waals surface area contributed by atoms with E-state index in [-0.39, 0.29) is 41.8 Å². The van der Waals surface area contributed by atoms with Crippen LogP contribution in [-0.4, -0.2) is 69.4 Å². The van der Waals surface area contributed by atoms with Gasteiger partial charge in [-0.2, -0.15) is 13.5 Å². The number of nitrogens with zero attached hydrogens (tertiary/aromatic N) is 3. The molecule has 0 saturated carbocycles. The molecule has 3 aromatic carbocycles. The van der Waals surface area contributed by atoms with E-state index in [0.717, 1.165) is 18.2 Å². The zero-order valence-corrected chi connectivity index (χ0v) is 20.2. The SMILES string of the molecule is O=CNc1cc(S(=O)(=O)O)cc2cc([SH](=O)=O)c(/N=N/c3ccc(N(CCO)CCO)cc3)c(O)c12. The monoisotopic (exact) mass is 538 g/mol. The Hall–Kier alpha value is -3.63. The predicted molar refractivity (Wildman–Crippen MR) is 131 cm³/mol. The maximum Gasteiger partial charge on any atom is 0.294 e. The molecule has 0 aromatic heterocycles. The average molecular weight is 539 g/mol. The highest BCUT2D eigenvalue weighted by Crippen LogP contribution is 2.44. The molecule has 0 heterocycles. The molecule has 0 spiro atoms. The molecular formula is C21H22N4O9S2. The second-order valence-electron chi connectivity index (χ2n) is 7.31. The molecule has 1 amide bonds. The van der Waals surface area contributed by atoms with Crippen LogP contribution in [0.15, 0.2) is 62.5 Å². The van der Waals surface area contributed by atoms with Gasteiger partial charge in [-0.15, -0.1) is 5.11 Å². The fraction of sp³-hybridized carbons (Fsp3) is 0.190. The standard InChI is InChI=1S/C21H22N4O9S2/c26-7-5-25(6-8-27)15-3-1-14(2-4-15)23-24-20-18(35(30)31)10-13-9-16(36(32,33)34)11-17(22-12-28)19(13)21(20)29/h1-4,9-12,26-27,29,35H,5-8H2,(H,22,28)(H,32,33,34)/b24-23+. The highest BCUT2D eigenvalue weighted by atomic mass is 32.2. The zero-order valence-electron chi connectivity index (χ0n) is 18.5. The number of aromatic hydroxyl groups is 1. The molecule has 0 bridgehead atoms. The number of phenols is 1. The number of nitrogens with one attached hydrogen (secondary N) is 1. The molecule has 3 aromatic rings. The molecule has 0 atom stereocenters. The van der Waals surface area contributed by atoms with Crippen molar-refractivity contribution < 1.29 is 41.5 Å². The summed E-state index contributed by atoms with van der Waals surface area (Å²) in [5, 5.41) is 39.0. The normalized spacial score (nSPS) is 11.9. The minimum Gasteiger partial charge on any atom is -0.505 e. The molecule has 36 heavy (non-hydrogen) atoms. The first-order valence-electron chi connectivity index (χ1n) is 10.2. The van der Waals surface area contributed by atoms with Crippen LogP contribution in [0.1, 0.15) is 0 Å². The number of thiol groups is 1. The highest BCUT2D eigenvalue weighted by molar-refractivity contribution is 7.85. The van der Waals surface area contributed by atoms with Gasteiger partial charge in [0.25, 0.3) is 10.1 Å². The number of azo groups is 1. The van der Waals surface area contributed by atoms with Crippen LogP contribution >= 0.6 is 0 Å². The van der Waals surface area contributed by atoms with Crippen LogP contribution in [-0.2, 0) is 25.6 Å². The van der Waals surface area contributed by atoms with E-state index in [1.54, 1.807) is 29.2 Å². The van der Waals surface area contributed by atoms with Crippen molar-refractivity contribution in [3.05, 3.63) is 42.5 Å². The van der Waals surface area contributed by atoms with Crippen LogP contribution in [0.5, 0.6) is 5.75 Å². The van der Waals surface area contributed by atoms with Crippen molar-refractivity contribution in [2.24, 2.45) is 10.2 Å². The van der Waals surface area contributed by atoms with Gasteiger partial charge in [-0.1, -0.05) is 0 Å². The third-order valence-corrected chi connectivity index (χ3v) is 6.63. The van der Waals surface area contributed by atoms with Crippen molar-refractivity contribution in [3.63, 3.8) is 0 Å². The summed E-state index contributed by atoms with van der Waals surface area (Å²) in [7, 11) is -8.05. The van der Waals surface area contributed by atoms with E-state index in [1.165, 1.54) is 0 Å². The van der Waals surface area contributed by atoms with E-state index in [9.17, 15) is 41.5 Å². The van der Waals surface area contributed by atoms with E-state index >= 15 is 0 Å². The number of hydrogen-bond acceptors (Lipinski definition) is 11. The number of aliphatic hydroxyl groups excluding tert-OH is 2. The summed E-state index contributed by atoms with van der Waals surface area (Å²) in [4.78, 5) is 11.7. The molecule has 3 rings (SSSR count). The van der Waals surface area contributed by atoms with E-state index in [4.69, 9.17) is 0 Å². The molecule has 5 N–H and O–H groups in total. The van der Waals surface area contributed by atoms with Gasteiger partial charge in [0.15, 0.2) is 16.5 Å². The topological polar surface area (TPSA) is 206 Å². The van der Waals surface area contributed by atoms with Crippen molar-refractivity contribution in [2.75, 3.05) is 36.5 Å². The first-order valence-corrected chi connectivity index (χ1v) is 12.9. The van der Waals surface area contributed by atoms with Crippen LogP contribution in [0, 0.1) is 0 Å². The number of anilines is 2. The summed E-state index contributed by atoms with van der Waals surface area (Å²) in [5.74, 6) is -0.689. The largest absolute Gasteiger partial charge is 0.505 e. The summed E-state index contributed by atoms with van der Waals surface area (Å²) < 4.78 is 56.4. The van der Waals surface area contributed by atoms with E-state index < -0.39 is 42.1 Å². The maximum absolute atomic E-state index is 11.9. The smallest absolute Gasteiger partial charge is 0.294 e. The van der Waals surface area contributed by atoms with E-state index in [2.05, 4.69) is 15.5 Å². The average Bonchev–Trinajstić information content (AvgIpc) is 2.82. The molecule has 0 fully saturated rings. The van der Waals surface area contributed by atoms with Crippen molar-refractivity contribution in [1.82, 2.24) is 0 Å². The maximum atomic E-state index is 11.9. The Kier molecular flexibility index (Phi) is 8.54. The first-order chi connectivity index (χ1) is 17.1. The van der Waals surface area contributed by atoms with Crippen molar-refractivity contribution >= 4 is 60.8 Å². The number of carbonyl (C=O) groups is 1. The third kappa shape index (κ3) is 5.95. The van der Waals surface area contributed by atoms with Crippen molar-refractivity contribution in [3.8, 4) is 5.75 Å². The van der Waals surface area contributed by atoms with Crippen LogP contribution in [0.2, 0.25) is 0 Å². The van der Waals surface area contributed by atoms with Gasteiger partial charge in [-0.3, -0.25) is 9.35 Å². The summed E-state index contributed by atoms with van der Waals surface area (Å²) in [5.41, 5.74) is 0.312. The van der Waals surface area contributed by atoms with Crippen LogP contribution < -0.4 is 10.2 Å². The number of benzene rings is 3. The molecule has 15 heteroatoms. The lowest BCUT2D eigenvalue weighted by Gasteiger charge is -2.22. The third-order valence-electron chi connectivity index (χ3n) is 5.07. The Balaban J connectivity index is 2.12. The van der Waals surface area contributed by atoms with Crippen LogP contribution in [0.25, 0.3) is 10.8 Å². The summed E-state index contributed by atoms with van der Waals surface area (Å²) >= 11 is 0. The second-order valence-corrected chi connectivity index (χ2v) is 9.72. The van der Waals surface area contributed by atoms with Gasteiger partial charge in [0, 0.05) is 24.2 Å². The molecule has 0 saturated heterocycles. The van der Waals surface area contributed by atoms with Gasteiger partial charge < -0.3 is 25.5 Å². The van der Waals surface area contributed by atoms with Gasteiger partial charge in [0.1, 0.15) is 5.69 Å². The van der Waals surface area contributed by atoms with Gasteiger partial charge in [0.05, 0.1) is 34.4 Å². The Morgan fingerprint density at radius 2 is 1.64 bits per heavy atom. The van der Waals surface area contributed by atoms with Crippen LogP contribution in [0.4, 0.5) is 22.7 Å². The molecule has 192 valence electrons. The Bertz CT molecular complexity index is 1470. The lowest BCUT2D eigenvalue weighted by Crippen LogP contribution is -2.29. The number of rotatable bonds is 11.